The van der Waals surface area contributed by atoms with Crippen molar-refractivity contribution in [2.75, 3.05) is 6.54 Å². The fraction of sp³-hybridized carbons (Fsp3) is 0.200. The fourth-order valence-corrected chi connectivity index (χ4v) is 1.13. The number of nitrogens with two attached hydrogens (primary N) is 1. The van der Waals surface area contributed by atoms with Gasteiger partial charge in [-0.2, -0.15) is 0 Å². The van der Waals surface area contributed by atoms with Crippen molar-refractivity contribution in [3.63, 3.8) is 0 Å². The van der Waals surface area contributed by atoms with Gasteiger partial charge in [-0.3, -0.25) is 0 Å². The van der Waals surface area contributed by atoms with Crippen LogP contribution in [0.25, 0.3) is 0 Å². The van der Waals surface area contributed by atoms with Crippen molar-refractivity contribution in [2.45, 2.75) is 6.42 Å². The first-order chi connectivity index (χ1) is 7.08. The standard InChI is InChI=1S/C10H9F4N/c11-4-7(5-15)1-6-2-8(12)10(14)9(13)3-6/h2-4H,1,5,15H2. The van der Waals surface area contributed by atoms with E-state index in [-0.39, 0.29) is 30.4 Å². The lowest BCUT2D eigenvalue weighted by Gasteiger charge is -2.04. The Morgan fingerprint density at radius 1 is 1.20 bits per heavy atom. The Morgan fingerprint density at radius 3 is 2.13 bits per heavy atom. The highest BCUT2D eigenvalue weighted by Gasteiger charge is 2.11. The number of benzene rings is 1. The van der Waals surface area contributed by atoms with Gasteiger partial charge in [0.25, 0.3) is 0 Å². The summed E-state index contributed by atoms with van der Waals surface area (Å²) < 4.78 is 50.1. The molecule has 0 heterocycles. The van der Waals surface area contributed by atoms with Crippen LogP contribution >= 0.6 is 0 Å². The topological polar surface area (TPSA) is 26.0 Å². The summed E-state index contributed by atoms with van der Waals surface area (Å²) in [6, 6.07) is 1.63. The lowest BCUT2D eigenvalue weighted by atomic mass is 10.1. The van der Waals surface area contributed by atoms with Crippen LogP contribution in [0.1, 0.15) is 5.56 Å². The van der Waals surface area contributed by atoms with Crippen LogP contribution in [0.4, 0.5) is 17.6 Å². The summed E-state index contributed by atoms with van der Waals surface area (Å²) in [5.74, 6) is -4.11. The second kappa shape index (κ2) is 4.93. The normalized spacial score (nSPS) is 11.9. The molecule has 2 N–H and O–H groups in total. The van der Waals surface area contributed by atoms with Crippen LogP contribution in [0.15, 0.2) is 24.0 Å². The summed E-state index contributed by atoms with van der Waals surface area (Å²) in [5, 5.41) is 0. The molecule has 1 rings (SSSR count). The molecule has 15 heavy (non-hydrogen) atoms. The molecule has 82 valence electrons. The Hall–Kier alpha value is -1.36. The van der Waals surface area contributed by atoms with Crippen molar-refractivity contribution in [3.05, 3.63) is 47.1 Å². The predicted molar refractivity (Wildman–Crippen MR) is 48.3 cm³/mol. The summed E-state index contributed by atoms with van der Waals surface area (Å²) in [5.41, 5.74) is 5.49. The average molecular weight is 219 g/mol. The van der Waals surface area contributed by atoms with Crippen molar-refractivity contribution in [1.29, 1.82) is 0 Å². The lowest BCUT2D eigenvalue weighted by Crippen LogP contribution is -2.06. The Balaban J connectivity index is 2.97. The molecule has 0 amide bonds. The van der Waals surface area contributed by atoms with E-state index in [0.717, 1.165) is 12.1 Å². The van der Waals surface area contributed by atoms with E-state index < -0.39 is 17.5 Å². The van der Waals surface area contributed by atoms with Gasteiger partial charge < -0.3 is 5.73 Å². The molecule has 5 heteroatoms. The summed E-state index contributed by atoms with van der Waals surface area (Å²) in [7, 11) is 0. The Labute approximate surface area is 84.2 Å². The van der Waals surface area contributed by atoms with E-state index in [0.29, 0.717) is 0 Å². The summed E-state index contributed by atoms with van der Waals surface area (Å²) in [4.78, 5) is 0. The van der Waals surface area contributed by atoms with Gasteiger partial charge in [0.05, 0.1) is 6.33 Å². The monoisotopic (exact) mass is 219 g/mol. The summed E-state index contributed by atoms with van der Waals surface area (Å²) in [6.45, 7) is -0.0584. The zero-order valence-corrected chi connectivity index (χ0v) is 7.74. The van der Waals surface area contributed by atoms with Gasteiger partial charge in [0.15, 0.2) is 17.5 Å². The van der Waals surface area contributed by atoms with Gasteiger partial charge in [-0.1, -0.05) is 0 Å². The maximum Gasteiger partial charge on any atom is 0.194 e. The van der Waals surface area contributed by atoms with Gasteiger partial charge in [0.2, 0.25) is 0 Å². The maximum atomic E-state index is 12.7. The third-order valence-electron chi connectivity index (χ3n) is 1.89. The number of rotatable bonds is 3. The molecule has 0 aliphatic rings. The molecule has 1 aromatic carbocycles. The fourth-order valence-electron chi connectivity index (χ4n) is 1.13. The molecular weight excluding hydrogens is 210 g/mol. The first kappa shape index (κ1) is 11.7. The highest BCUT2D eigenvalue weighted by Crippen LogP contribution is 2.16. The van der Waals surface area contributed by atoms with E-state index in [1.54, 1.807) is 0 Å². The van der Waals surface area contributed by atoms with Crippen molar-refractivity contribution in [2.24, 2.45) is 5.73 Å². The second-order valence-corrected chi connectivity index (χ2v) is 3.02. The third-order valence-corrected chi connectivity index (χ3v) is 1.89. The molecule has 0 unspecified atom stereocenters. The first-order valence-corrected chi connectivity index (χ1v) is 4.20. The van der Waals surface area contributed by atoms with Gasteiger partial charge >= 0.3 is 0 Å². The Bertz CT molecular complexity index is 364. The van der Waals surface area contributed by atoms with E-state index >= 15 is 0 Å². The van der Waals surface area contributed by atoms with Crippen LogP contribution in [0.2, 0.25) is 0 Å². The molecule has 1 nitrogen and oxygen atoms in total. The van der Waals surface area contributed by atoms with Crippen LogP contribution < -0.4 is 5.73 Å². The molecule has 0 radical (unpaired) electrons. The zero-order chi connectivity index (χ0) is 11.4. The van der Waals surface area contributed by atoms with E-state index in [9.17, 15) is 17.6 Å². The SMILES string of the molecule is NCC(=CF)Cc1cc(F)c(F)c(F)c1. The number of hydrogen-bond acceptors (Lipinski definition) is 1. The molecule has 0 saturated heterocycles. The molecule has 0 bridgehead atoms. The highest BCUT2D eigenvalue weighted by molar-refractivity contribution is 5.24. The second-order valence-electron chi connectivity index (χ2n) is 3.02. The zero-order valence-electron chi connectivity index (χ0n) is 7.74. The molecule has 0 spiro atoms. The quantitative estimate of drug-likeness (QED) is 0.613. The molecule has 1 aromatic rings. The van der Waals surface area contributed by atoms with Gasteiger partial charge in [0.1, 0.15) is 0 Å². The summed E-state index contributed by atoms with van der Waals surface area (Å²) >= 11 is 0. The van der Waals surface area contributed by atoms with Crippen molar-refractivity contribution in [1.82, 2.24) is 0 Å². The van der Waals surface area contributed by atoms with Crippen LogP contribution in [0.3, 0.4) is 0 Å². The van der Waals surface area contributed by atoms with Crippen molar-refractivity contribution < 1.29 is 17.6 Å². The minimum Gasteiger partial charge on any atom is -0.327 e. The molecule has 0 atom stereocenters. The van der Waals surface area contributed by atoms with Gasteiger partial charge in [-0.05, 0) is 29.7 Å². The molecule has 0 aliphatic heterocycles. The smallest absolute Gasteiger partial charge is 0.194 e. The van der Waals surface area contributed by atoms with Gasteiger partial charge in [-0.25, -0.2) is 17.6 Å². The molecule has 0 aromatic heterocycles. The van der Waals surface area contributed by atoms with Crippen LogP contribution in [-0.4, -0.2) is 6.54 Å². The molecular formula is C10H9F4N. The predicted octanol–water partition coefficient (Wildman–Crippen LogP) is 2.46. The molecule has 0 fully saturated rings. The lowest BCUT2D eigenvalue weighted by molar-refractivity contribution is 0.445. The van der Waals surface area contributed by atoms with E-state index in [1.807, 2.05) is 0 Å². The van der Waals surface area contributed by atoms with E-state index in [1.165, 1.54) is 0 Å². The van der Waals surface area contributed by atoms with Crippen LogP contribution in [0, 0.1) is 17.5 Å². The Morgan fingerprint density at radius 2 is 1.73 bits per heavy atom. The van der Waals surface area contributed by atoms with Crippen LogP contribution in [0.5, 0.6) is 0 Å². The summed E-state index contributed by atoms with van der Waals surface area (Å²) in [6.07, 6.45) is 0.236. The van der Waals surface area contributed by atoms with E-state index in [2.05, 4.69) is 0 Å². The van der Waals surface area contributed by atoms with Crippen molar-refractivity contribution in [3.8, 4) is 0 Å². The van der Waals surface area contributed by atoms with Gasteiger partial charge in [-0.15, -0.1) is 0 Å². The minimum absolute atomic E-state index is 0.0406. The Kier molecular flexibility index (Phi) is 3.85. The maximum absolute atomic E-state index is 12.7. The number of halogens is 4. The highest BCUT2D eigenvalue weighted by atomic mass is 19.2. The average Bonchev–Trinajstić information content (AvgIpc) is 2.22. The van der Waals surface area contributed by atoms with Gasteiger partial charge in [0, 0.05) is 6.54 Å². The molecule has 0 aliphatic carbocycles. The number of hydrogen-bond donors (Lipinski definition) is 1. The third kappa shape index (κ3) is 2.79. The minimum atomic E-state index is -1.53. The first-order valence-electron chi connectivity index (χ1n) is 4.20. The van der Waals surface area contributed by atoms with Crippen molar-refractivity contribution >= 4 is 0 Å². The van der Waals surface area contributed by atoms with Crippen LogP contribution in [-0.2, 0) is 6.42 Å². The molecule has 0 saturated carbocycles. The largest absolute Gasteiger partial charge is 0.327 e. The van der Waals surface area contributed by atoms with E-state index in [4.69, 9.17) is 5.73 Å².